The number of amides is 2. The highest BCUT2D eigenvalue weighted by molar-refractivity contribution is 6.33. The molecule has 0 aliphatic rings. The topological polar surface area (TPSA) is 74.8 Å². The molecule has 5 nitrogen and oxygen atoms in total. The first-order valence-corrected chi connectivity index (χ1v) is 6.30. The zero-order valence-corrected chi connectivity index (χ0v) is 11.8. The summed E-state index contributed by atoms with van der Waals surface area (Å²) >= 11 is 5.74. The Morgan fingerprint density at radius 1 is 1.24 bits per heavy atom. The molecule has 2 amide bonds. The number of likely N-dealkylation sites (N-methyl/N-ethyl adjacent to an activating group) is 1. The van der Waals surface area contributed by atoms with E-state index < -0.39 is 17.6 Å². The maximum Gasteiger partial charge on any atom is 0.416 e. The first-order valence-electron chi connectivity index (χ1n) is 5.93. The molecule has 9 heteroatoms. The van der Waals surface area contributed by atoms with Crippen molar-refractivity contribution in [1.82, 2.24) is 5.32 Å². The molecular formula is C12H14ClF3N3O2+. The van der Waals surface area contributed by atoms with Crippen LogP contribution in [-0.4, -0.2) is 32.0 Å². The number of rotatable bonds is 5. The van der Waals surface area contributed by atoms with Crippen molar-refractivity contribution in [2.24, 2.45) is 0 Å². The van der Waals surface area contributed by atoms with Crippen LogP contribution in [0.2, 0.25) is 5.02 Å². The summed E-state index contributed by atoms with van der Waals surface area (Å²) in [6.07, 6.45) is -4.52. The summed E-state index contributed by atoms with van der Waals surface area (Å²) in [5, 5.41) is 6.07. The number of carbonyl (C=O) groups is 2. The molecule has 0 saturated carbocycles. The minimum atomic E-state index is -4.52. The number of benzene rings is 1. The van der Waals surface area contributed by atoms with Crippen LogP contribution in [-0.2, 0) is 15.8 Å². The summed E-state index contributed by atoms with van der Waals surface area (Å²) in [6, 6.07) is 2.66. The second-order valence-corrected chi connectivity index (χ2v) is 4.52. The van der Waals surface area contributed by atoms with Gasteiger partial charge in [0.15, 0.2) is 13.1 Å². The van der Waals surface area contributed by atoms with Crippen molar-refractivity contribution in [3.8, 4) is 0 Å². The Hall–Kier alpha value is -1.80. The van der Waals surface area contributed by atoms with Crippen LogP contribution in [0.5, 0.6) is 0 Å². The van der Waals surface area contributed by atoms with Crippen LogP contribution in [0.25, 0.3) is 0 Å². The zero-order chi connectivity index (χ0) is 16.0. The van der Waals surface area contributed by atoms with Crippen molar-refractivity contribution in [2.75, 3.05) is 25.5 Å². The molecular weight excluding hydrogens is 311 g/mol. The molecule has 0 fully saturated rings. The Labute approximate surface area is 123 Å². The Balaban J connectivity index is 2.65. The van der Waals surface area contributed by atoms with E-state index in [2.05, 4.69) is 10.6 Å². The molecule has 0 heterocycles. The van der Waals surface area contributed by atoms with Gasteiger partial charge in [-0.25, -0.2) is 0 Å². The van der Waals surface area contributed by atoms with Crippen molar-refractivity contribution < 1.29 is 28.1 Å². The third kappa shape index (κ3) is 5.60. The second-order valence-electron chi connectivity index (χ2n) is 4.11. The van der Waals surface area contributed by atoms with E-state index in [0.29, 0.717) is 0 Å². The van der Waals surface area contributed by atoms with Gasteiger partial charge in [-0.3, -0.25) is 9.59 Å². The SMILES string of the molecule is CNC(=O)C[NH2+]CC(=O)Nc1cc(C(F)(F)F)ccc1Cl. The van der Waals surface area contributed by atoms with Crippen LogP contribution in [0.4, 0.5) is 18.9 Å². The van der Waals surface area contributed by atoms with Crippen LogP contribution in [0.3, 0.4) is 0 Å². The van der Waals surface area contributed by atoms with E-state index in [1.54, 1.807) is 0 Å². The van der Waals surface area contributed by atoms with Crippen molar-refractivity contribution in [2.45, 2.75) is 6.18 Å². The van der Waals surface area contributed by atoms with E-state index in [0.717, 1.165) is 18.2 Å². The quantitative estimate of drug-likeness (QED) is 0.742. The minimum Gasteiger partial charge on any atom is -0.354 e. The number of halogens is 4. The highest BCUT2D eigenvalue weighted by Gasteiger charge is 2.31. The normalized spacial score (nSPS) is 11.1. The van der Waals surface area contributed by atoms with Gasteiger partial charge in [-0.05, 0) is 18.2 Å². The number of quaternary nitrogens is 1. The smallest absolute Gasteiger partial charge is 0.354 e. The van der Waals surface area contributed by atoms with Gasteiger partial charge in [0.05, 0.1) is 16.3 Å². The summed E-state index contributed by atoms with van der Waals surface area (Å²) in [4.78, 5) is 22.5. The fraction of sp³-hybridized carbons (Fsp3) is 0.333. The van der Waals surface area contributed by atoms with Gasteiger partial charge in [0.25, 0.3) is 11.8 Å². The largest absolute Gasteiger partial charge is 0.416 e. The monoisotopic (exact) mass is 324 g/mol. The van der Waals surface area contributed by atoms with Crippen LogP contribution in [0.15, 0.2) is 18.2 Å². The molecule has 116 valence electrons. The van der Waals surface area contributed by atoms with Gasteiger partial charge in [0.2, 0.25) is 0 Å². The van der Waals surface area contributed by atoms with Crippen LogP contribution in [0.1, 0.15) is 5.56 Å². The second kappa shape index (κ2) is 7.28. The van der Waals surface area contributed by atoms with Crippen LogP contribution < -0.4 is 16.0 Å². The van der Waals surface area contributed by atoms with E-state index in [9.17, 15) is 22.8 Å². The van der Waals surface area contributed by atoms with Gasteiger partial charge >= 0.3 is 6.18 Å². The number of hydrogen-bond donors (Lipinski definition) is 3. The molecule has 0 unspecified atom stereocenters. The standard InChI is InChI=1S/C12H13ClF3N3O2/c1-17-10(20)5-18-6-11(21)19-9-4-7(12(14,15)16)2-3-8(9)13/h2-4,18H,5-6H2,1H3,(H,17,20)(H,19,21)/p+1. The Kier molecular flexibility index (Phi) is 5.98. The molecule has 1 aromatic carbocycles. The average molecular weight is 325 g/mol. The van der Waals surface area contributed by atoms with Gasteiger partial charge in [-0.1, -0.05) is 11.6 Å². The molecule has 0 radical (unpaired) electrons. The van der Waals surface area contributed by atoms with E-state index in [1.165, 1.54) is 12.4 Å². The maximum atomic E-state index is 12.6. The number of hydrogen-bond acceptors (Lipinski definition) is 2. The van der Waals surface area contributed by atoms with Gasteiger partial charge in [0.1, 0.15) is 0 Å². The highest BCUT2D eigenvalue weighted by Crippen LogP contribution is 2.33. The molecule has 0 aliphatic carbocycles. The minimum absolute atomic E-state index is 0.00245. The van der Waals surface area contributed by atoms with Crippen molar-refractivity contribution in [1.29, 1.82) is 0 Å². The summed E-state index contributed by atoms with van der Waals surface area (Å²) in [6.45, 7) is -0.0692. The maximum absolute atomic E-state index is 12.6. The average Bonchev–Trinajstić information content (AvgIpc) is 2.39. The van der Waals surface area contributed by atoms with E-state index in [1.807, 2.05) is 0 Å². The molecule has 1 rings (SSSR count). The lowest BCUT2D eigenvalue weighted by Gasteiger charge is -2.11. The summed E-state index contributed by atoms with van der Waals surface area (Å²) in [5.74, 6) is -0.819. The lowest BCUT2D eigenvalue weighted by Crippen LogP contribution is -2.88. The molecule has 0 bridgehead atoms. The lowest BCUT2D eigenvalue weighted by molar-refractivity contribution is -0.632. The Morgan fingerprint density at radius 3 is 2.43 bits per heavy atom. The van der Waals surface area contributed by atoms with E-state index >= 15 is 0 Å². The van der Waals surface area contributed by atoms with Gasteiger partial charge in [0, 0.05) is 7.05 Å². The van der Waals surface area contributed by atoms with Gasteiger partial charge < -0.3 is 16.0 Å². The highest BCUT2D eigenvalue weighted by atomic mass is 35.5. The lowest BCUT2D eigenvalue weighted by atomic mass is 10.2. The summed E-state index contributed by atoms with van der Waals surface area (Å²) in [5.41, 5.74) is -1.03. The van der Waals surface area contributed by atoms with Gasteiger partial charge in [-0.2, -0.15) is 13.2 Å². The third-order valence-corrected chi connectivity index (χ3v) is 2.84. The number of carbonyl (C=O) groups excluding carboxylic acids is 2. The molecule has 0 saturated heterocycles. The third-order valence-electron chi connectivity index (χ3n) is 2.51. The number of nitrogens with one attached hydrogen (secondary N) is 2. The predicted octanol–water partition coefficient (Wildman–Crippen LogP) is 0.607. The molecule has 21 heavy (non-hydrogen) atoms. The number of nitrogens with two attached hydrogens (primary N) is 1. The number of alkyl halides is 3. The first kappa shape index (κ1) is 17.3. The van der Waals surface area contributed by atoms with Gasteiger partial charge in [-0.15, -0.1) is 0 Å². The zero-order valence-electron chi connectivity index (χ0n) is 11.1. The van der Waals surface area contributed by atoms with Crippen molar-refractivity contribution >= 4 is 29.1 Å². The summed E-state index contributed by atoms with van der Waals surface area (Å²) in [7, 11) is 1.46. The molecule has 0 atom stereocenters. The fourth-order valence-electron chi connectivity index (χ4n) is 1.44. The molecule has 1 aromatic rings. The van der Waals surface area contributed by atoms with Crippen LogP contribution >= 0.6 is 11.6 Å². The Bertz CT molecular complexity index is 535. The van der Waals surface area contributed by atoms with Crippen molar-refractivity contribution in [3.05, 3.63) is 28.8 Å². The van der Waals surface area contributed by atoms with E-state index in [4.69, 9.17) is 11.6 Å². The molecule has 0 aliphatic heterocycles. The predicted molar refractivity (Wildman–Crippen MR) is 70.8 cm³/mol. The van der Waals surface area contributed by atoms with Crippen LogP contribution in [0, 0.1) is 0 Å². The molecule has 0 spiro atoms. The summed E-state index contributed by atoms with van der Waals surface area (Å²) < 4.78 is 37.7. The fourth-order valence-corrected chi connectivity index (χ4v) is 1.60. The Morgan fingerprint density at radius 2 is 1.86 bits per heavy atom. The first-order chi connectivity index (χ1) is 9.74. The number of anilines is 1. The molecule has 4 N–H and O–H groups in total. The van der Waals surface area contributed by atoms with Crippen molar-refractivity contribution in [3.63, 3.8) is 0 Å². The van der Waals surface area contributed by atoms with E-state index in [-0.39, 0.29) is 29.7 Å². The molecule has 0 aromatic heterocycles.